The van der Waals surface area contributed by atoms with E-state index in [1.165, 1.54) is 42.8 Å². The van der Waals surface area contributed by atoms with Crippen LogP contribution in [-0.4, -0.2) is 18.8 Å². The van der Waals surface area contributed by atoms with Gasteiger partial charge in [0.15, 0.2) is 0 Å². The second-order valence-corrected chi connectivity index (χ2v) is 7.53. The van der Waals surface area contributed by atoms with Gasteiger partial charge in [-0.25, -0.2) is 0 Å². The summed E-state index contributed by atoms with van der Waals surface area (Å²) < 4.78 is 0. The molecule has 1 aromatic rings. The molecule has 20 heavy (non-hydrogen) atoms. The fourth-order valence-corrected chi connectivity index (χ4v) is 5.59. The van der Waals surface area contributed by atoms with Crippen LogP contribution in [0.2, 0.25) is 0 Å². The second-order valence-electron chi connectivity index (χ2n) is 6.47. The monoisotopic (exact) mass is 289 g/mol. The molecule has 3 rings (SSSR count). The molecule has 1 aliphatic heterocycles. The molecule has 1 N–H and O–H groups in total. The van der Waals surface area contributed by atoms with Gasteiger partial charge in [-0.1, -0.05) is 44.4 Å². The normalized spacial score (nSPS) is 31.0. The van der Waals surface area contributed by atoms with Crippen molar-refractivity contribution >= 4 is 11.8 Å². The summed E-state index contributed by atoms with van der Waals surface area (Å²) in [6.07, 6.45) is 7.11. The van der Waals surface area contributed by atoms with Crippen LogP contribution in [0.5, 0.6) is 0 Å². The molecule has 0 spiro atoms. The minimum absolute atomic E-state index is 0.667. The van der Waals surface area contributed by atoms with Crippen LogP contribution in [0, 0.1) is 11.8 Å². The molecule has 0 saturated heterocycles. The van der Waals surface area contributed by atoms with Crippen LogP contribution in [-0.2, 0) is 0 Å². The van der Waals surface area contributed by atoms with Crippen molar-refractivity contribution in [1.82, 2.24) is 5.32 Å². The van der Waals surface area contributed by atoms with E-state index in [1.807, 2.05) is 0 Å². The van der Waals surface area contributed by atoms with E-state index in [-0.39, 0.29) is 0 Å². The zero-order chi connectivity index (χ0) is 13.9. The molecule has 4 unspecified atom stereocenters. The molecule has 1 nitrogen and oxygen atoms in total. The lowest BCUT2D eigenvalue weighted by atomic mass is 9.73. The molecule has 0 aromatic heterocycles. The highest BCUT2D eigenvalue weighted by molar-refractivity contribution is 7.99. The number of hydrogen-bond donors (Lipinski definition) is 1. The van der Waals surface area contributed by atoms with Crippen LogP contribution in [0.25, 0.3) is 0 Å². The van der Waals surface area contributed by atoms with E-state index in [1.54, 1.807) is 5.56 Å². The Bertz CT molecular complexity index is 445. The summed E-state index contributed by atoms with van der Waals surface area (Å²) in [6, 6.07) is 9.70. The number of thioether (sulfide) groups is 1. The lowest BCUT2D eigenvalue weighted by Gasteiger charge is -2.37. The fourth-order valence-electron chi connectivity index (χ4n) is 4.28. The molecular weight excluding hydrogens is 262 g/mol. The molecule has 0 amide bonds. The Morgan fingerprint density at radius 3 is 2.95 bits per heavy atom. The summed E-state index contributed by atoms with van der Waals surface area (Å²) in [4.78, 5) is 1.51. The highest BCUT2D eigenvalue weighted by atomic mass is 32.2. The average Bonchev–Trinajstić information content (AvgIpc) is 2.93. The van der Waals surface area contributed by atoms with Crippen molar-refractivity contribution in [2.75, 3.05) is 12.8 Å². The van der Waals surface area contributed by atoms with Crippen molar-refractivity contribution in [3.05, 3.63) is 29.8 Å². The van der Waals surface area contributed by atoms with Gasteiger partial charge in [-0.15, -0.1) is 11.8 Å². The first-order valence-corrected chi connectivity index (χ1v) is 9.21. The van der Waals surface area contributed by atoms with Crippen LogP contribution in [0.3, 0.4) is 0 Å². The number of benzene rings is 1. The highest BCUT2D eigenvalue weighted by Crippen LogP contribution is 2.45. The predicted molar refractivity (Wildman–Crippen MR) is 88.5 cm³/mol. The van der Waals surface area contributed by atoms with E-state index in [0.29, 0.717) is 12.0 Å². The van der Waals surface area contributed by atoms with Crippen LogP contribution >= 0.6 is 11.8 Å². The van der Waals surface area contributed by atoms with E-state index in [4.69, 9.17) is 0 Å². The Labute approximate surface area is 127 Å². The molecule has 1 heterocycles. The molecule has 110 valence electrons. The van der Waals surface area contributed by atoms with Gasteiger partial charge in [0.1, 0.15) is 0 Å². The van der Waals surface area contributed by atoms with Crippen molar-refractivity contribution in [2.24, 2.45) is 11.8 Å². The van der Waals surface area contributed by atoms with Crippen molar-refractivity contribution in [3.8, 4) is 0 Å². The third-order valence-corrected chi connectivity index (χ3v) is 6.62. The number of likely N-dealkylation sites (N-methyl/N-ethyl adjacent to an activating group) is 1. The quantitative estimate of drug-likeness (QED) is 0.863. The molecular formula is C18H27NS. The summed E-state index contributed by atoms with van der Waals surface area (Å²) >= 11 is 2.05. The van der Waals surface area contributed by atoms with Gasteiger partial charge in [-0.3, -0.25) is 0 Å². The first-order valence-electron chi connectivity index (χ1n) is 8.22. The standard InChI is InChI=1S/C18H27NS/c1-3-13-7-6-8-14(11-13)18(19-2)16-12-20-17-10-5-4-9-15(16)17/h4-5,9-10,13-14,16,18-19H,3,6-8,11-12H2,1-2H3. The lowest BCUT2D eigenvalue weighted by Crippen LogP contribution is -2.41. The molecule has 0 radical (unpaired) electrons. The summed E-state index contributed by atoms with van der Waals surface area (Å²) in [5, 5.41) is 3.69. The number of nitrogens with one attached hydrogen (secondary N) is 1. The summed E-state index contributed by atoms with van der Waals surface area (Å²) in [7, 11) is 2.17. The maximum absolute atomic E-state index is 3.69. The first-order chi connectivity index (χ1) is 9.83. The largest absolute Gasteiger partial charge is 0.316 e. The highest BCUT2D eigenvalue weighted by Gasteiger charge is 2.36. The van der Waals surface area contributed by atoms with Crippen LogP contribution in [0.1, 0.15) is 50.5 Å². The van der Waals surface area contributed by atoms with E-state index in [0.717, 1.165) is 11.8 Å². The maximum atomic E-state index is 3.69. The van der Waals surface area contributed by atoms with Crippen molar-refractivity contribution < 1.29 is 0 Å². The number of fused-ring (bicyclic) bond motifs is 1. The average molecular weight is 289 g/mol. The molecule has 1 saturated carbocycles. The minimum Gasteiger partial charge on any atom is -0.316 e. The SMILES string of the molecule is CCC1CCCC(C(NC)C2CSc3ccccc32)C1. The minimum atomic E-state index is 0.667. The third-order valence-electron chi connectivity index (χ3n) is 5.41. The fraction of sp³-hybridized carbons (Fsp3) is 0.667. The molecule has 1 aliphatic carbocycles. The smallest absolute Gasteiger partial charge is 0.0170 e. The summed E-state index contributed by atoms with van der Waals surface area (Å²) in [6.45, 7) is 2.36. The van der Waals surface area contributed by atoms with E-state index < -0.39 is 0 Å². The first kappa shape index (κ1) is 14.5. The van der Waals surface area contributed by atoms with Gasteiger partial charge in [0.05, 0.1) is 0 Å². The maximum Gasteiger partial charge on any atom is 0.0170 e. The predicted octanol–water partition coefficient (Wildman–Crippen LogP) is 4.68. The van der Waals surface area contributed by atoms with Crippen LogP contribution in [0.15, 0.2) is 29.2 Å². The van der Waals surface area contributed by atoms with Crippen LogP contribution in [0.4, 0.5) is 0 Å². The molecule has 2 aliphatic rings. The van der Waals surface area contributed by atoms with Crippen molar-refractivity contribution in [2.45, 2.75) is 55.9 Å². The van der Waals surface area contributed by atoms with Gasteiger partial charge in [-0.05, 0) is 43.4 Å². The lowest BCUT2D eigenvalue weighted by molar-refractivity contribution is 0.200. The molecule has 1 aromatic carbocycles. The van der Waals surface area contributed by atoms with Crippen molar-refractivity contribution in [1.29, 1.82) is 0 Å². The molecule has 4 atom stereocenters. The number of hydrogen-bond acceptors (Lipinski definition) is 2. The Kier molecular flexibility index (Phi) is 4.72. The molecule has 0 bridgehead atoms. The summed E-state index contributed by atoms with van der Waals surface area (Å²) in [5.41, 5.74) is 1.59. The molecule has 2 heteroatoms. The Morgan fingerprint density at radius 1 is 1.30 bits per heavy atom. The Balaban J connectivity index is 1.77. The zero-order valence-corrected chi connectivity index (χ0v) is 13.6. The van der Waals surface area contributed by atoms with Gasteiger partial charge in [0.25, 0.3) is 0 Å². The van der Waals surface area contributed by atoms with E-state index in [9.17, 15) is 0 Å². The summed E-state index contributed by atoms with van der Waals surface area (Å²) in [5.74, 6) is 3.81. The molecule has 1 fully saturated rings. The van der Waals surface area contributed by atoms with Gasteiger partial charge < -0.3 is 5.32 Å². The van der Waals surface area contributed by atoms with E-state index in [2.05, 4.69) is 55.3 Å². The van der Waals surface area contributed by atoms with Gasteiger partial charge in [0, 0.05) is 22.6 Å². The van der Waals surface area contributed by atoms with Gasteiger partial charge in [0.2, 0.25) is 0 Å². The topological polar surface area (TPSA) is 12.0 Å². The Morgan fingerprint density at radius 2 is 2.15 bits per heavy atom. The second kappa shape index (κ2) is 6.53. The zero-order valence-electron chi connectivity index (χ0n) is 12.8. The van der Waals surface area contributed by atoms with Gasteiger partial charge in [-0.2, -0.15) is 0 Å². The van der Waals surface area contributed by atoms with Crippen LogP contribution < -0.4 is 5.32 Å². The number of rotatable bonds is 4. The van der Waals surface area contributed by atoms with Crippen molar-refractivity contribution in [3.63, 3.8) is 0 Å². The van der Waals surface area contributed by atoms with E-state index >= 15 is 0 Å². The third kappa shape index (κ3) is 2.78. The Hall–Kier alpha value is -0.470. The van der Waals surface area contributed by atoms with Gasteiger partial charge >= 0.3 is 0 Å².